The van der Waals surface area contributed by atoms with Gasteiger partial charge in [0.1, 0.15) is 0 Å². The number of benzene rings is 2. The van der Waals surface area contributed by atoms with Crippen molar-refractivity contribution in [3.63, 3.8) is 0 Å². The summed E-state index contributed by atoms with van der Waals surface area (Å²) in [6, 6.07) is 13.9. The Balaban J connectivity index is 0.00000150. The smallest absolute Gasteiger partial charge is 0.0193 e. The average Bonchev–Trinajstić information content (AvgIpc) is 3.28. The van der Waals surface area contributed by atoms with Crippen molar-refractivity contribution in [2.45, 2.75) is 52.4 Å². The summed E-state index contributed by atoms with van der Waals surface area (Å²) in [5.41, 5.74) is 10.4. The van der Waals surface area contributed by atoms with Crippen LogP contribution in [0.1, 0.15) is 60.8 Å². The third-order valence-corrected chi connectivity index (χ3v) is 6.65. The van der Waals surface area contributed by atoms with Gasteiger partial charge in [0.05, 0.1) is 0 Å². The van der Waals surface area contributed by atoms with E-state index >= 15 is 0 Å². The van der Waals surface area contributed by atoms with Crippen LogP contribution in [0.5, 0.6) is 0 Å². The molecule has 0 bridgehead atoms. The molecule has 30 heavy (non-hydrogen) atoms. The van der Waals surface area contributed by atoms with Gasteiger partial charge in [0.25, 0.3) is 0 Å². The van der Waals surface area contributed by atoms with Crippen LogP contribution < -0.4 is 0 Å². The van der Waals surface area contributed by atoms with Gasteiger partial charge in [-0.1, -0.05) is 78.8 Å². The summed E-state index contributed by atoms with van der Waals surface area (Å²) in [6.07, 6.45) is 13.5. The van der Waals surface area contributed by atoms with Crippen LogP contribution in [0.25, 0.3) is 11.1 Å². The minimum absolute atomic E-state index is 0. The summed E-state index contributed by atoms with van der Waals surface area (Å²) in [7, 11) is 0. The molecule has 2 atom stereocenters. The Labute approximate surface area is 213 Å². The number of fused-ring (bicyclic) bond motifs is 3. The SMILES string of the molecule is C=CCCCC(C)(C1=CC=CC1)C1c2cc(C)ccc2-c2c(C)cccc21.Cl.Cl.[Zr]. The van der Waals surface area contributed by atoms with Crippen LogP contribution in [0.15, 0.2) is 72.9 Å². The van der Waals surface area contributed by atoms with Crippen LogP contribution in [0.2, 0.25) is 0 Å². The molecule has 158 valence electrons. The second-order valence-corrected chi connectivity index (χ2v) is 8.49. The molecule has 2 aliphatic rings. The fourth-order valence-electron chi connectivity index (χ4n) is 5.28. The molecule has 2 aromatic carbocycles. The van der Waals surface area contributed by atoms with Gasteiger partial charge >= 0.3 is 0 Å². The van der Waals surface area contributed by atoms with Crippen LogP contribution >= 0.6 is 24.8 Å². The number of aryl methyl sites for hydroxylation is 2. The van der Waals surface area contributed by atoms with E-state index in [1.165, 1.54) is 46.2 Å². The monoisotopic (exact) mass is 516 g/mol. The first-order valence-corrected chi connectivity index (χ1v) is 10.2. The summed E-state index contributed by atoms with van der Waals surface area (Å²) in [5, 5.41) is 0. The van der Waals surface area contributed by atoms with Crippen molar-refractivity contribution in [1.82, 2.24) is 0 Å². The Kier molecular flexibility index (Phi) is 10.1. The zero-order valence-electron chi connectivity index (χ0n) is 18.2. The van der Waals surface area contributed by atoms with E-state index in [2.05, 4.69) is 88.1 Å². The molecule has 0 saturated heterocycles. The van der Waals surface area contributed by atoms with E-state index in [0.717, 1.165) is 12.8 Å². The molecule has 0 aromatic heterocycles. The summed E-state index contributed by atoms with van der Waals surface area (Å²) < 4.78 is 0. The van der Waals surface area contributed by atoms with E-state index in [1.807, 2.05) is 0 Å². The summed E-state index contributed by atoms with van der Waals surface area (Å²) in [4.78, 5) is 0. The van der Waals surface area contributed by atoms with Gasteiger partial charge in [-0.3, -0.25) is 0 Å². The molecule has 0 aliphatic heterocycles. The van der Waals surface area contributed by atoms with Gasteiger partial charge in [-0.2, -0.15) is 0 Å². The maximum atomic E-state index is 3.94. The first-order chi connectivity index (χ1) is 13.1. The molecule has 0 N–H and O–H groups in total. The van der Waals surface area contributed by atoms with E-state index in [1.54, 1.807) is 5.57 Å². The van der Waals surface area contributed by atoms with E-state index in [-0.39, 0.29) is 56.4 Å². The van der Waals surface area contributed by atoms with Crippen LogP contribution in [0.3, 0.4) is 0 Å². The first-order valence-electron chi connectivity index (χ1n) is 10.2. The van der Waals surface area contributed by atoms with E-state index < -0.39 is 0 Å². The third-order valence-electron chi connectivity index (χ3n) is 6.65. The molecule has 0 saturated carbocycles. The van der Waals surface area contributed by atoms with E-state index in [0.29, 0.717) is 5.92 Å². The Morgan fingerprint density at radius 1 is 1.10 bits per heavy atom. The second-order valence-electron chi connectivity index (χ2n) is 8.49. The molecule has 0 nitrogen and oxygen atoms in total. The maximum Gasteiger partial charge on any atom is 0.0193 e. The average molecular weight is 519 g/mol. The number of halogens is 2. The van der Waals surface area contributed by atoms with Crippen LogP contribution in [-0.4, -0.2) is 0 Å². The Morgan fingerprint density at radius 3 is 2.53 bits per heavy atom. The van der Waals surface area contributed by atoms with Gasteiger partial charge in [-0.15, -0.1) is 31.4 Å². The molecule has 0 radical (unpaired) electrons. The number of allylic oxidation sites excluding steroid dienone is 5. The van der Waals surface area contributed by atoms with E-state index in [9.17, 15) is 0 Å². The fraction of sp³-hybridized carbons (Fsp3) is 0.333. The van der Waals surface area contributed by atoms with Crippen molar-refractivity contribution < 1.29 is 26.2 Å². The van der Waals surface area contributed by atoms with Crippen molar-refractivity contribution in [2.24, 2.45) is 5.41 Å². The Morgan fingerprint density at radius 2 is 1.87 bits per heavy atom. The van der Waals surface area contributed by atoms with Crippen molar-refractivity contribution in [3.05, 3.63) is 95.1 Å². The molecular formula is C27H32Cl2Zr. The number of hydrogen-bond donors (Lipinski definition) is 0. The van der Waals surface area contributed by atoms with Crippen molar-refractivity contribution in [1.29, 1.82) is 0 Å². The predicted molar refractivity (Wildman–Crippen MR) is 132 cm³/mol. The first kappa shape index (κ1) is 27.2. The number of hydrogen-bond acceptors (Lipinski definition) is 0. The van der Waals surface area contributed by atoms with Crippen LogP contribution in [-0.2, 0) is 26.2 Å². The molecule has 0 spiro atoms. The molecule has 3 heteroatoms. The Hall–Kier alpha value is -0.877. The topological polar surface area (TPSA) is 0 Å². The molecule has 0 amide bonds. The van der Waals surface area contributed by atoms with Crippen molar-refractivity contribution in [3.8, 4) is 11.1 Å². The third kappa shape index (κ3) is 4.65. The van der Waals surface area contributed by atoms with E-state index in [4.69, 9.17) is 0 Å². The zero-order valence-corrected chi connectivity index (χ0v) is 22.3. The van der Waals surface area contributed by atoms with Crippen LogP contribution in [0.4, 0.5) is 0 Å². The van der Waals surface area contributed by atoms with Gasteiger partial charge < -0.3 is 0 Å². The largest absolute Gasteiger partial charge is 0.147 e. The summed E-state index contributed by atoms with van der Waals surface area (Å²) in [5.74, 6) is 0.429. The molecule has 0 fully saturated rings. The molecule has 0 heterocycles. The minimum atomic E-state index is 0. The van der Waals surface area contributed by atoms with Crippen molar-refractivity contribution in [2.75, 3.05) is 0 Å². The standard InChI is InChI=1S/C27H30.2ClH.Zr/c1-5-6-9-17-27(4,21-12-7-8-13-21)26-23-14-10-11-20(3)25(23)22-16-15-19(2)18-24(22)26;;;/h5,7-8,10-12,14-16,18,26H,1,6,9,13,17H2,2-4H3;2*1H;. The van der Waals surface area contributed by atoms with Gasteiger partial charge in [0.15, 0.2) is 0 Å². The maximum absolute atomic E-state index is 3.94. The molecule has 4 rings (SSSR count). The van der Waals surface area contributed by atoms with Crippen LogP contribution in [0, 0.1) is 19.3 Å². The number of rotatable bonds is 6. The molecule has 2 aliphatic carbocycles. The van der Waals surface area contributed by atoms with Gasteiger partial charge in [-0.05, 0) is 72.8 Å². The Bertz CT molecular complexity index is 957. The quantitative estimate of drug-likeness (QED) is 0.266. The van der Waals surface area contributed by atoms with Gasteiger partial charge in [-0.25, -0.2) is 0 Å². The minimum Gasteiger partial charge on any atom is -0.147 e. The molecule has 2 unspecified atom stereocenters. The van der Waals surface area contributed by atoms with Gasteiger partial charge in [0.2, 0.25) is 0 Å². The predicted octanol–water partition coefficient (Wildman–Crippen LogP) is 8.51. The summed E-state index contributed by atoms with van der Waals surface area (Å²) in [6.45, 7) is 10.9. The normalized spacial score (nSPS) is 17.4. The van der Waals surface area contributed by atoms with Gasteiger partial charge in [0, 0.05) is 32.1 Å². The number of unbranched alkanes of at least 4 members (excludes halogenated alkanes) is 1. The summed E-state index contributed by atoms with van der Waals surface area (Å²) >= 11 is 0. The van der Waals surface area contributed by atoms with Crippen molar-refractivity contribution >= 4 is 24.8 Å². The molecular weight excluding hydrogens is 486 g/mol. The molecule has 2 aromatic rings. The zero-order chi connectivity index (χ0) is 19.0. The fourth-order valence-corrected chi connectivity index (χ4v) is 5.28. The second kappa shape index (κ2) is 11.1.